The summed E-state index contributed by atoms with van der Waals surface area (Å²) in [4.78, 5) is 136. The number of aromatic nitrogens is 1. The van der Waals surface area contributed by atoms with Crippen molar-refractivity contribution in [2.45, 2.75) is 149 Å². The van der Waals surface area contributed by atoms with Crippen molar-refractivity contribution < 1.29 is 63.3 Å². The van der Waals surface area contributed by atoms with Crippen LogP contribution in [0.1, 0.15) is 98.6 Å². The van der Waals surface area contributed by atoms with Gasteiger partial charge in [0.15, 0.2) is 0 Å². The van der Waals surface area contributed by atoms with Crippen LogP contribution in [0, 0.1) is 23.7 Å². The van der Waals surface area contributed by atoms with Crippen LogP contribution >= 0.6 is 0 Å². The maximum Gasteiger partial charge on any atom is 0.326 e. The Bertz CT molecular complexity index is 2410. The van der Waals surface area contributed by atoms with E-state index in [-0.39, 0.29) is 25.2 Å². The van der Waals surface area contributed by atoms with Gasteiger partial charge < -0.3 is 63.3 Å². The molecule has 0 aliphatic rings. The molecule has 7 amide bonds. The Balaban J connectivity index is 1.86. The lowest BCUT2D eigenvalue weighted by Gasteiger charge is -2.30. The molecule has 2 aromatic carbocycles. The number of hydrogen-bond acceptors (Lipinski definition) is 11. The van der Waals surface area contributed by atoms with Crippen LogP contribution in [0.2, 0.25) is 0 Å². The van der Waals surface area contributed by atoms with E-state index in [2.05, 4.69) is 42.2 Å². The highest BCUT2D eigenvalue weighted by molar-refractivity contribution is 5.98. The van der Waals surface area contributed by atoms with Crippen LogP contribution < -0.4 is 43.0 Å². The fourth-order valence-electron chi connectivity index (χ4n) is 7.90. The first-order valence-corrected chi connectivity index (χ1v) is 24.5. The number of carbonyl (C=O) groups excluding carboxylic acids is 7. The van der Waals surface area contributed by atoms with Crippen molar-refractivity contribution in [1.82, 2.24) is 42.2 Å². The molecule has 0 radical (unpaired) electrons. The Hall–Kier alpha value is -7.36. The van der Waals surface area contributed by atoms with Gasteiger partial charge in [0.25, 0.3) is 0 Å². The number of H-pyrrole nitrogens is 1. The Morgan fingerprint density at radius 3 is 1.60 bits per heavy atom. The zero-order valence-electron chi connectivity index (χ0n) is 42.7. The Morgan fingerprint density at radius 1 is 0.548 bits per heavy atom. The lowest BCUT2D eigenvalue weighted by atomic mass is 9.95. The average Bonchev–Trinajstić information content (AvgIpc) is 3.73. The number of hydrogen-bond donors (Lipinski definition) is 12. The van der Waals surface area contributed by atoms with Crippen LogP contribution in [0.4, 0.5) is 0 Å². The van der Waals surface area contributed by atoms with Crippen LogP contribution in [-0.2, 0) is 60.8 Å². The predicted molar refractivity (Wildman–Crippen MR) is 269 cm³/mol. The Labute approximate surface area is 424 Å². The Morgan fingerprint density at radius 2 is 1.04 bits per heavy atom. The standard InChI is InChI=1S/C51H73N9O13/c1-9-29(8)43(50(71)57-38(51(72)73)23-31-25-53-34-18-14-13-17-32(31)34)60-49(70)42(28(6)7)59-45(66)35(19-20-39(61)62)54-46(67)36(21-26(2)3)55-47(68)37(22-30-15-11-10-12-16-30)56-48(69)41(27(4)5)58-44(65)33(52)24-40(63)64/h10-18,25-29,33,35-38,41-43,53H,9,19-24,52H2,1-8H3,(H,54,67)(H,55,68)(H,56,69)(H,57,71)(H,58,65)(H,59,66)(H,60,70)(H,61,62)(H,63,64)(H,72,73)/t29-,33-,35-,36-,37-,38-,41-,42-,43-/m0/s1. The predicted octanol–water partition coefficient (Wildman–Crippen LogP) is 1.50. The quantitative estimate of drug-likeness (QED) is 0.0451. The third-order valence-electron chi connectivity index (χ3n) is 12.3. The Kier molecular flexibility index (Phi) is 23.5. The second kappa shape index (κ2) is 28.6. The van der Waals surface area contributed by atoms with Gasteiger partial charge in [0.2, 0.25) is 41.4 Å². The number of nitrogens with one attached hydrogen (secondary N) is 8. The maximum atomic E-state index is 14.2. The highest BCUT2D eigenvalue weighted by Crippen LogP contribution is 2.20. The molecule has 22 nitrogen and oxygen atoms in total. The van der Waals surface area contributed by atoms with E-state index in [1.165, 1.54) is 0 Å². The number of fused-ring (bicyclic) bond motifs is 1. The molecule has 13 N–H and O–H groups in total. The molecule has 0 bridgehead atoms. The lowest BCUT2D eigenvalue weighted by Crippen LogP contribution is -2.61. The van der Waals surface area contributed by atoms with E-state index < -0.39 is 145 Å². The minimum Gasteiger partial charge on any atom is -0.481 e. The normalized spacial score (nSPS) is 15.1. The van der Waals surface area contributed by atoms with Gasteiger partial charge >= 0.3 is 17.9 Å². The van der Waals surface area contributed by atoms with E-state index in [1.54, 1.807) is 98.0 Å². The van der Waals surface area contributed by atoms with E-state index in [0.29, 0.717) is 17.5 Å². The number of amides is 7. The molecule has 3 rings (SSSR count). The van der Waals surface area contributed by atoms with Crippen LogP contribution in [0.25, 0.3) is 10.9 Å². The molecule has 400 valence electrons. The van der Waals surface area contributed by atoms with Crippen molar-refractivity contribution in [3.05, 3.63) is 71.9 Å². The third-order valence-corrected chi connectivity index (χ3v) is 12.3. The van der Waals surface area contributed by atoms with Crippen molar-refractivity contribution in [1.29, 1.82) is 0 Å². The summed E-state index contributed by atoms with van der Waals surface area (Å²) < 4.78 is 0. The summed E-state index contributed by atoms with van der Waals surface area (Å²) in [6.07, 6.45) is 0.152. The summed E-state index contributed by atoms with van der Waals surface area (Å²) in [6.45, 7) is 13.4. The molecule has 73 heavy (non-hydrogen) atoms. The molecule has 0 saturated heterocycles. The number of carboxylic acid groups (broad SMARTS) is 3. The first kappa shape index (κ1) is 59.9. The minimum absolute atomic E-state index is 0.00357. The molecule has 0 aliphatic carbocycles. The summed E-state index contributed by atoms with van der Waals surface area (Å²) in [6, 6.07) is 4.86. The summed E-state index contributed by atoms with van der Waals surface area (Å²) in [5.74, 6) is -11.9. The smallest absolute Gasteiger partial charge is 0.326 e. The number of nitrogens with two attached hydrogens (primary N) is 1. The highest BCUT2D eigenvalue weighted by Gasteiger charge is 2.37. The van der Waals surface area contributed by atoms with Crippen LogP contribution in [0.5, 0.6) is 0 Å². The van der Waals surface area contributed by atoms with Gasteiger partial charge in [0, 0.05) is 36.4 Å². The molecule has 3 aromatic rings. The third kappa shape index (κ3) is 19.0. The molecule has 0 aliphatic heterocycles. The van der Waals surface area contributed by atoms with Crippen LogP contribution in [0.15, 0.2) is 60.8 Å². The van der Waals surface area contributed by atoms with E-state index in [1.807, 2.05) is 18.2 Å². The van der Waals surface area contributed by atoms with Crippen LogP contribution in [-0.4, -0.2) is 128 Å². The summed E-state index contributed by atoms with van der Waals surface area (Å²) in [7, 11) is 0. The van der Waals surface area contributed by atoms with Crippen molar-refractivity contribution in [3.63, 3.8) is 0 Å². The van der Waals surface area contributed by atoms with Crippen LogP contribution in [0.3, 0.4) is 0 Å². The highest BCUT2D eigenvalue weighted by atomic mass is 16.4. The number of carboxylic acids is 3. The SMILES string of the molecule is CC[C@H](C)[C@H](NC(=O)[C@@H](NC(=O)[C@H](CCC(=O)O)NC(=O)[C@H](CC(C)C)NC(=O)[C@H](Cc1ccccc1)NC(=O)[C@@H](NC(=O)[C@@H](N)CC(=O)O)C(C)C)C(C)C)C(=O)N[C@@H](Cc1c[nH]c2ccccc12)C(=O)O. The zero-order chi connectivity index (χ0) is 54.7. The molecule has 22 heteroatoms. The monoisotopic (exact) mass is 1020 g/mol. The maximum absolute atomic E-state index is 14.2. The molecule has 1 heterocycles. The van der Waals surface area contributed by atoms with Gasteiger partial charge in [-0.2, -0.15) is 0 Å². The molecule has 0 unspecified atom stereocenters. The zero-order valence-corrected chi connectivity index (χ0v) is 42.7. The average molecular weight is 1020 g/mol. The van der Waals surface area contributed by atoms with Gasteiger partial charge in [-0.3, -0.25) is 43.2 Å². The molecule has 0 spiro atoms. The van der Waals surface area contributed by atoms with Gasteiger partial charge in [0.1, 0.15) is 42.3 Å². The second-order valence-corrected chi connectivity index (χ2v) is 19.4. The number of rotatable bonds is 30. The molecule has 1 aromatic heterocycles. The number of benzene rings is 2. The lowest BCUT2D eigenvalue weighted by molar-refractivity contribution is -0.143. The van der Waals surface area contributed by atoms with Crippen molar-refractivity contribution in [2.24, 2.45) is 29.4 Å². The molecule has 0 fully saturated rings. The molecule has 9 atom stereocenters. The fourth-order valence-corrected chi connectivity index (χ4v) is 7.90. The topological polar surface area (TPSA) is 357 Å². The number of aliphatic carboxylic acids is 3. The molecular formula is C51H73N9O13. The first-order chi connectivity index (χ1) is 34.3. The minimum atomic E-state index is -1.57. The van der Waals surface area contributed by atoms with Gasteiger partial charge in [0.05, 0.1) is 12.5 Å². The van der Waals surface area contributed by atoms with E-state index in [9.17, 15) is 58.2 Å². The summed E-state index contributed by atoms with van der Waals surface area (Å²) >= 11 is 0. The van der Waals surface area contributed by atoms with E-state index >= 15 is 0 Å². The second-order valence-electron chi connectivity index (χ2n) is 19.4. The van der Waals surface area contributed by atoms with Crippen molar-refractivity contribution in [3.8, 4) is 0 Å². The number of para-hydroxylation sites is 1. The summed E-state index contributed by atoms with van der Waals surface area (Å²) in [5.41, 5.74) is 7.78. The first-order valence-electron chi connectivity index (χ1n) is 24.5. The molecular weight excluding hydrogens is 947 g/mol. The van der Waals surface area contributed by atoms with Gasteiger partial charge in [-0.25, -0.2) is 4.79 Å². The van der Waals surface area contributed by atoms with E-state index in [4.69, 9.17) is 10.8 Å². The largest absolute Gasteiger partial charge is 0.481 e. The van der Waals surface area contributed by atoms with Crippen molar-refractivity contribution in [2.75, 3.05) is 0 Å². The van der Waals surface area contributed by atoms with Gasteiger partial charge in [-0.15, -0.1) is 0 Å². The van der Waals surface area contributed by atoms with E-state index in [0.717, 1.165) is 10.9 Å². The molecule has 0 saturated carbocycles. The number of aromatic amines is 1. The van der Waals surface area contributed by atoms with Crippen molar-refractivity contribution >= 4 is 70.2 Å². The van der Waals surface area contributed by atoms with Gasteiger partial charge in [-0.1, -0.05) is 110 Å². The fraction of sp³-hybridized carbons (Fsp3) is 0.529. The summed E-state index contributed by atoms with van der Waals surface area (Å²) in [5, 5.41) is 47.8. The number of carbonyl (C=O) groups is 10. The van der Waals surface area contributed by atoms with Gasteiger partial charge in [-0.05, 0) is 53.7 Å².